The summed E-state index contributed by atoms with van der Waals surface area (Å²) in [5, 5.41) is 8.90. The number of morpholine rings is 1. The van der Waals surface area contributed by atoms with Gasteiger partial charge < -0.3 is 14.7 Å². The molecule has 1 saturated heterocycles. The van der Waals surface area contributed by atoms with Crippen LogP contribution in [-0.2, 0) is 14.3 Å². The first-order chi connectivity index (χ1) is 10.1. The van der Waals surface area contributed by atoms with Crippen LogP contribution in [0, 0.1) is 6.92 Å². The highest BCUT2D eigenvalue weighted by molar-refractivity contribution is 5.92. The van der Waals surface area contributed by atoms with Crippen LogP contribution >= 0.6 is 0 Å². The summed E-state index contributed by atoms with van der Waals surface area (Å²) in [6.07, 6.45) is 3.18. The molecule has 112 valence electrons. The Bertz CT molecular complexity index is 553. The molecule has 0 aliphatic carbocycles. The molecule has 2 rings (SSSR count). The lowest BCUT2D eigenvalue weighted by Gasteiger charge is -2.34. The van der Waals surface area contributed by atoms with Crippen LogP contribution in [0.25, 0.3) is 6.08 Å². The van der Waals surface area contributed by atoms with Crippen molar-refractivity contribution >= 4 is 18.0 Å². The fourth-order valence-corrected chi connectivity index (χ4v) is 2.35. The van der Waals surface area contributed by atoms with Gasteiger partial charge in [-0.25, -0.2) is 0 Å². The predicted molar refractivity (Wildman–Crippen MR) is 78.8 cm³/mol. The number of aryl methyl sites for hydroxylation is 1. The van der Waals surface area contributed by atoms with Gasteiger partial charge in [0.05, 0.1) is 25.7 Å². The van der Waals surface area contributed by atoms with E-state index in [1.807, 2.05) is 31.2 Å². The highest BCUT2D eigenvalue weighted by Gasteiger charge is 2.27. The minimum atomic E-state index is -0.925. The van der Waals surface area contributed by atoms with Gasteiger partial charge in [0.25, 0.3) is 0 Å². The molecule has 1 aliphatic rings. The number of aliphatic carboxylic acids is 1. The van der Waals surface area contributed by atoms with E-state index in [0.717, 1.165) is 11.1 Å². The van der Waals surface area contributed by atoms with Crippen molar-refractivity contribution in [3.8, 4) is 0 Å². The Labute approximate surface area is 123 Å². The summed E-state index contributed by atoms with van der Waals surface area (Å²) < 4.78 is 5.26. The molecule has 5 heteroatoms. The molecule has 1 amide bonds. The molecule has 0 saturated carbocycles. The quantitative estimate of drug-likeness (QED) is 0.857. The number of carbonyl (C=O) groups excluding carboxylic acids is 1. The van der Waals surface area contributed by atoms with E-state index in [-0.39, 0.29) is 18.9 Å². The van der Waals surface area contributed by atoms with Gasteiger partial charge >= 0.3 is 5.97 Å². The van der Waals surface area contributed by atoms with E-state index in [9.17, 15) is 9.59 Å². The molecule has 1 aromatic carbocycles. The van der Waals surface area contributed by atoms with Crippen LogP contribution < -0.4 is 0 Å². The maximum atomic E-state index is 12.3. The molecule has 1 heterocycles. The Balaban J connectivity index is 2.07. The van der Waals surface area contributed by atoms with Crippen molar-refractivity contribution in [2.24, 2.45) is 0 Å². The maximum Gasteiger partial charge on any atom is 0.305 e. The van der Waals surface area contributed by atoms with Crippen LogP contribution in [0.2, 0.25) is 0 Å². The number of amides is 1. The monoisotopic (exact) mass is 289 g/mol. The summed E-state index contributed by atoms with van der Waals surface area (Å²) in [4.78, 5) is 24.7. The van der Waals surface area contributed by atoms with Gasteiger partial charge in [0.1, 0.15) is 0 Å². The lowest BCUT2D eigenvalue weighted by Crippen LogP contribution is -2.49. The van der Waals surface area contributed by atoms with Crippen molar-refractivity contribution in [2.75, 3.05) is 19.8 Å². The second-order valence-electron chi connectivity index (χ2n) is 5.05. The van der Waals surface area contributed by atoms with E-state index in [4.69, 9.17) is 9.84 Å². The van der Waals surface area contributed by atoms with Crippen molar-refractivity contribution in [3.63, 3.8) is 0 Å². The zero-order chi connectivity index (χ0) is 15.2. The Hall–Kier alpha value is -2.14. The summed E-state index contributed by atoms with van der Waals surface area (Å²) in [7, 11) is 0. The van der Waals surface area contributed by atoms with Gasteiger partial charge in [-0.2, -0.15) is 0 Å². The predicted octanol–water partition coefficient (Wildman–Crippen LogP) is 1.71. The van der Waals surface area contributed by atoms with E-state index in [1.54, 1.807) is 11.0 Å². The molecule has 0 bridgehead atoms. The molecule has 0 radical (unpaired) electrons. The number of rotatable bonds is 4. The van der Waals surface area contributed by atoms with E-state index < -0.39 is 12.0 Å². The summed E-state index contributed by atoms with van der Waals surface area (Å²) in [5.74, 6) is -1.10. The first-order valence-electron chi connectivity index (χ1n) is 6.92. The topological polar surface area (TPSA) is 66.8 Å². The molecule has 0 aromatic heterocycles. The number of carboxylic acid groups (broad SMARTS) is 1. The number of nitrogens with zero attached hydrogens (tertiary/aromatic N) is 1. The SMILES string of the molecule is Cc1ccccc1/C=C/C(=O)N1CCOCC1CC(=O)O. The number of hydrogen-bond donors (Lipinski definition) is 1. The standard InChI is InChI=1S/C16H19NO4/c1-12-4-2-3-5-13(12)6-7-15(18)17-8-9-21-11-14(17)10-16(19)20/h2-7,14H,8-11H2,1H3,(H,19,20)/b7-6+. The van der Waals surface area contributed by atoms with Gasteiger partial charge in [-0.1, -0.05) is 24.3 Å². The van der Waals surface area contributed by atoms with Crippen molar-refractivity contribution < 1.29 is 19.4 Å². The summed E-state index contributed by atoms with van der Waals surface area (Å²) in [5.41, 5.74) is 2.07. The largest absolute Gasteiger partial charge is 0.481 e. The van der Waals surface area contributed by atoms with E-state index in [0.29, 0.717) is 13.2 Å². The third-order valence-corrected chi connectivity index (χ3v) is 3.51. The molecule has 1 aliphatic heterocycles. The Morgan fingerprint density at radius 2 is 2.19 bits per heavy atom. The van der Waals surface area contributed by atoms with Crippen LogP contribution in [0.1, 0.15) is 17.5 Å². The van der Waals surface area contributed by atoms with Gasteiger partial charge in [-0.05, 0) is 24.1 Å². The smallest absolute Gasteiger partial charge is 0.305 e. The van der Waals surface area contributed by atoms with Gasteiger partial charge in [0.15, 0.2) is 0 Å². The first-order valence-corrected chi connectivity index (χ1v) is 6.92. The van der Waals surface area contributed by atoms with E-state index >= 15 is 0 Å². The van der Waals surface area contributed by atoms with Crippen molar-refractivity contribution in [2.45, 2.75) is 19.4 Å². The molecule has 21 heavy (non-hydrogen) atoms. The minimum Gasteiger partial charge on any atom is -0.481 e. The average Bonchev–Trinajstić information content (AvgIpc) is 2.46. The summed E-state index contributed by atoms with van der Waals surface area (Å²) in [6, 6.07) is 7.38. The van der Waals surface area contributed by atoms with E-state index in [2.05, 4.69) is 0 Å². The Kier molecular flexibility index (Phi) is 5.11. The molecule has 1 aromatic rings. The second kappa shape index (κ2) is 7.04. The normalized spacial score (nSPS) is 18.9. The number of carboxylic acids is 1. The van der Waals surface area contributed by atoms with Crippen LogP contribution in [0.4, 0.5) is 0 Å². The molecule has 1 fully saturated rings. The molecule has 0 spiro atoms. The highest BCUT2D eigenvalue weighted by atomic mass is 16.5. The lowest BCUT2D eigenvalue weighted by atomic mass is 10.1. The van der Waals surface area contributed by atoms with Crippen LogP contribution in [0.15, 0.2) is 30.3 Å². The van der Waals surface area contributed by atoms with Crippen LogP contribution in [-0.4, -0.2) is 47.7 Å². The van der Waals surface area contributed by atoms with Gasteiger partial charge in [-0.3, -0.25) is 9.59 Å². The number of benzene rings is 1. The molecule has 1 unspecified atom stereocenters. The second-order valence-corrected chi connectivity index (χ2v) is 5.05. The molecular weight excluding hydrogens is 270 g/mol. The fraction of sp³-hybridized carbons (Fsp3) is 0.375. The van der Waals surface area contributed by atoms with E-state index in [1.165, 1.54) is 6.08 Å². The maximum absolute atomic E-state index is 12.3. The summed E-state index contributed by atoms with van der Waals surface area (Å²) >= 11 is 0. The third kappa shape index (κ3) is 4.16. The Morgan fingerprint density at radius 3 is 2.90 bits per heavy atom. The number of hydrogen-bond acceptors (Lipinski definition) is 3. The van der Waals surface area contributed by atoms with Gasteiger partial charge in [0, 0.05) is 12.6 Å². The van der Waals surface area contributed by atoms with Gasteiger partial charge in [0.2, 0.25) is 5.91 Å². The molecular formula is C16H19NO4. The van der Waals surface area contributed by atoms with Crippen LogP contribution in [0.5, 0.6) is 0 Å². The highest BCUT2D eigenvalue weighted by Crippen LogP contribution is 2.13. The molecule has 1 N–H and O–H groups in total. The number of carbonyl (C=O) groups is 2. The third-order valence-electron chi connectivity index (χ3n) is 3.51. The minimum absolute atomic E-state index is 0.0933. The summed E-state index contributed by atoms with van der Waals surface area (Å²) in [6.45, 7) is 3.12. The Morgan fingerprint density at radius 1 is 1.43 bits per heavy atom. The zero-order valence-corrected chi connectivity index (χ0v) is 12.0. The molecule has 1 atom stereocenters. The fourth-order valence-electron chi connectivity index (χ4n) is 2.35. The van der Waals surface area contributed by atoms with Crippen molar-refractivity contribution in [1.29, 1.82) is 0 Å². The van der Waals surface area contributed by atoms with Crippen molar-refractivity contribution in [3.05, 3.63) is 41.5 Å². The van der Waals surface area contributed by atoms with Crippen LogP contribution in [0.3, 0.4) is 0 Å². The van der Waals surface area contributed by atoms with Crippen molar-refractivity contribution in [1.82, 2.24) is 4.90 Å². The van der Waals surface area contributed by atoms with Gasteiger partial charge in [-0.15, -0.1) is 0 Å². The average molecular weight is 289 g/mol. The first kappa shape index (κ1) is 15.3. The lowest BCUT2D eigenvalue weighted by molar-refractivity contribution is -0.143. The molecule has 5 nitrogen and oxygen atoms in total. The zero-order valence-electron chi connectivity index (χ0n) is 12.0. The number of ether oxygens (including phenoxy) is 1.